The van der Waals surface area contributed by atoms with Crippen LogP contribution in [0.4, 0.5) is 4.39 Å². The molecule has 1 amide bonds. The molecule has 0 aliphatic rings. The molecule has 124 valence electrons. The fourth-order valence-electron chi connectivity index (χ4n) is 2.04. The molecule has 0 unspecified atom stereocenters. The maximum Gasteiger partial charge on any atom is 0.230 e. The molecule has 0 heterocycles. The van der Waals surface area contributed by atoms with E-state index in [0.717, 1.165) is 0 Å². The zero-order valence-corrected chi connectivity index (χ0v) is 14.0. The lowest BCUT2D eigenvalue weighted by atomic mass is 10.1. The first-order valence-corrected chi connectivity index (χ1v) is 8.52. The second-order valence-electron chi connectivity index (χ2n) is 5.05. The van der Waals surface area contributed by atoms with Gasteiger partial charge in [0, 0.05) is 0 Å². The van der Waals surface area contributed by atoms with Gasteiger partial charge in [0.05, 0.1) is 23.6 Å². The van der Waals surface area contributed by atoms with E-state index in [1.54, 1.807) is 31.2 Å². The first-order chi connectivity index (χ1) is 11.6. The van der Waals surface area contributed by atoms with E-state index >= 15 is 0 Å². The Morgan fingerprint density at radius 1 is 1.33 bits per heavy atom. The highest BCUT2D eigenvalue weighted by Gasteiger charge is 2.13. The van der Waals surface area contributed by atoms with E-state index in [1.807, 2.05) is 24.3 Å². The van der Waals surface area contributed by atoms with Gasteiger partial charge >= 0.3 is 0 Å². The molecule has 0 bridgehead atoms. The van der Waals surface area contributed by atoms with E-state index in [0.29, 0.717) is 11.3 Å². The summed E-state index contributed by atoms with van der Waals surface area (Å²) in [6.45, 7) is 1.78. The standard InChI is InChI=1S/C18H17FN2O2S/c1-13(21-18(22)12-24-10-9-20)14-7-8-17(16(19)11-14)23-15-5-3-2-4-6-15/h2-8,11,13H,10,12H2,1H3,(H,21,22)/t13-/m0/s1. The van der Waals surface area contributed by atoms with Crippen LogP contribution in [-0.2, 0) is 4.79 Å². The highest BCUT2D eigenvalue weighted by atomic mass is 32.2. The summed E-state index contributed by atoms with van der Waals surface area (Å²) >= 11 is 1.24. The molecular weight excluding hydrogens is 327 g/mol. The summed E-state index contributed by atoms with van der Waals surface area (Å²) in [6.07, 6.45) is 0. The van der Waals surface area contributed by atoms with Crippen LogP contribution in [0.2, 0.25) is 0 Å². The van der Waals surface area contributed by atoms with Crippen molar-refractivity contribution < 1.29 is 13.9 Å². The molecule has 2 aromatic carbocycles. The highest BCUT2D eigenvalue weighted by Crippen LogP contribution is 2.26. The van der Waals surface area contributed by atoms with Crippen LogP contribution in [-0.4, -0.2) is 17.4 Å². The number of hydrogen-bond acceptors (Lipinski definition) is 4. The number of carbonyl (C=O) groups excluding carboxylic acids is 1. The van der Waals surface area contributed by atoms with Crippen molar-refractivity contribution in [1.82, 2.24) is 5.32 Å². The smallest absolute Gasteiger partial charge is 0.230 e. The number of amides is 1. The molecule has 0 aliphatic heterocycles. The molecule has 0 fully saturated rings. The maximum absolute atomic E-state index is 14.2. The Bertz CT molecular complexity index is 732. The Kier molecular flexibility index (Phi) is 6.64. The van der Waals surface area contributed by atoms with Gasteiger partial charge in [0.15, 0.2) is 11.6 Å². The van der Waals surface area contributed by atoms with Crippen LogP contribution >= 0.6 is 11.8 Å². The van der Waals surface area contributed by atoms with Crippen molar-refractivity contribution in [3.05, 3.63) is 59.9 Å². The summed E-state index contributed by atoms with van der Waals surface area (Å²) in [5, 5.41) is 11.2. The van der Waals surface area contributed by atoms with Crippen molar-refractivity contribution in [2.75, 3.05) is 11.5 Å². The number of hydrogen-bond donors (Lipinski definition) is 1. The van der Waals surface area contributed by atoms with Gasteiger partial charge in [-0.15, -0.1) is 11.8 Å². The molecule has 0 radical (unpaired) electrons. The van der Waals surface area contributed by atoms with Crippen molar-refractivity contribution in [2.45, 2.75) is 13.0 Å². The largest absolute Gasteiger partial charge is 0.454 e. The number of nitrogens with zero attached hydrogens (tertiary/aromatic N) is 1. The van der Waals surface area contributed by atoms with E-state index in [2.05, 4.69) is 5.32 Å². The number of ether oxygens (including phenoxy) is 1. The van der Waals surface area contributed by atoms with Crippen molar-refractivity contribution >= 4 is 17.7 Å². The number of carbonyl (C=O) groups is 1. The lowest BCUT2D eigenvalue weighted by molar-refractivity contribution is -0.119. The third-order valence-electron chi connectivity index (χ3n) is 3.20. The van der Waals surface area contributed by atoms with Crippen molar-refractivity contribution in [3.8, 4) is 17.6 Å². The number of rotatable bonds is 7. The number of nitriles is 1. The van der Waals surface area contributed by atoms with E-state index in [4.69, 9.17) is 10.00 Å². The van der Waals surface area contributed by atoms with Crippen LogP contribution in [0.5, 0.6) is 11.5 Å². The zero-order valence-electron chi connectivity index (χ0n) is 13.2. The minimum atomic E-state index is -0.490. The van der Waals surface area contributed by atoms with Crippen LogP contribution in [0.1, 0.15) is 18.5 Å². The van der Waals surface area contributed by atoms with Gasteiger partial charge in [-0.3, -0.25) is 4.79 Å². The van der Waals surface area contributed by atoms with Gasteiger partial charge in [-0.25, -0.2) is 4.39 Å². The van der Waals surface area contributed by atoms with E-state index in [1.165, 1.54) is 17.8 Å². The molecule has 0 saturated heterocycles. The first kappa shape index (κ1) is 17.8. The number of benzene rings is 2. The summed E-state index contributed by atoms with van der Waals surface area (Å²) in [5.74, 6) is 0.481. The fourth-order valence-corrected chi connectivity index (χ4v) is 2.50. The second-order valence-corrected chi connectivity index (χ2v) is 6.03. The number of thioether (sulfide) groups is 1. The average Bonchev–Trinajstić information content (AvgIpc) is 2.58. The van der Waals surface area contributed by atoms with Crippen LogP contribution in [0, 0.1) is 17.1 Å². The molecule has 2 aromatic rings. The quantitative estimate of drug-likeness (QED) is 0.770. The molecule has 4 nitrogen and oxygen atoms in total. The Balaban J connectivity index is 1.98. The summed E-state index contributed by atoms with van der Waals surface area (Å²) in [4.78, 5) is 11.7. The molecule has 2 rings (SSSR count). The second kappa shape index (κ2) is 8.94. The highest BCUT2D eigenvalue weighted by molar-refractivity contribution is 8.00. The van der Waals surface area contributed by atoms with Gasteiger partial charge in [0.2, 0.25) is 5.91 Å². The summed E-state index contributed by atoms with van der Waals surface area (Å²) < 4.78 is 19.7. The molecule has 0 aromatic heterocycles. The van der Waals surface area contributed by atoms with Gasteiger partial charge in [-0.05, 0) is 36.8 Å². The Morgan fingerprint density at radius 2 is 2.08 bits per heavy atom. The summed E-state index contributed by atoms with van der Waals surface area (Å²) in [5.41, 5.74) is 0.645. The minimum Gasteiger partial charge on any atom is -0.454 e. The first-order valence-electron chi connectivity index (χ1n) is 7.36. The van der Waals surface area contributed by atoms with Crippen LogP contribution in [0.3, 0.4) is 0 Å². The zero-order chi connectivity index (χ0) is 17.4. The fraction of sp³-hybridized carbons (Fsp3) is 0.222. The van der Waals surface area contributed by atoms with Gasteiger partial charge in [-0.1, -0.05) is 24.3 Å². The van der Waals surface area contributed by atoms with E-state index in [9.17, 15) is 9.18 Å². The molecule has 0 spiro atoms. The van der Waals surface area contributed by atoms with Gasteiger partial charge in [0.25, 0.3) is 0 Å². The molecule has 24 heavy (non-hydrogen) atoms. The molecule has 1 N–H and O–H groups in total. The lowest BCUT2D eigenvalue weighted by Crippen LogP contribution is -2.28. The number of halogens is 1. The monoisotopic (exact) mass is 344 g/mol. The van der Waals surface area contributed by atoms with Crippen molar-refractivity contribution in [3.63, 3.8) is 0 Å². The average molecular weight is 344 g/mol. The van der Waals surface area contributed by atoms with E-state index < -0.39 is 5.82 Å². The third-order valence-corrected chi connectivity index (χ3v) is 4.00. The predicted molar refractivity (Wildman–Crippen MR) is 92.4 cm³/mol. The Labute approximate surface area is 144 Å². The van der Waals surface area contributed by atoms with Crippen molar-refractivity contribution in [1.29, 1.82) is 5.26 Å². The topological polar surface area (TPSA) is 62.1 Å². The Morgan fingerprint density at radius 3 is 2.75 bits per heavy atom. The van der Waals surface area contributed by atoms with Gasteiger partial charge < -0.3 is 10.1 Å². The SMILES string of the molecule is C[C@H](NC(=O)CSCC#N)c1ccc(Oc2ccccc2)c(F)c1. The van der Waals surface area contributed by atoms with Crippen LogP contribution in [0.15, 0.2) is 48.5 Å². The number of para-hydroxylation sites is 1. The van der Waals surface area contributed by atoms with Gasteiger partial charge in [0.1, 0.15) is 5.75 Å². The normalized spacial score (nSPS) is 11.4. The summed E-state index contributed by atoms with van der Waals surface area (Å²) in [7, 11) is 0. The Hall–Kier alpha value is -2.52. The number of nitrogens with one attached hydrogen (secondary N) is 1. The molecule has 1 atom stereocenters. The minimum absolute atomic E-state index is 0.132. The molecular formula is C18H17FN2O2S. The van der Waals surface area contributed by atoms with Crippen LogP contribution in [0.25, 0.3) is 0 Å². The summed E-state index contributed by atoms with van der Waals surface area (Å²) in [6, 6.07) is 15.2. The maximum atomic E-state index is 14.2. The van der Waals surface area contributed by atoms with Crippen LogP contribution < -0.4 is 10.1 Å². The van der Waals surface area contributed by atoms with Gasteiger partial charge in [-0.2, -0.15) is 5.26 Å². The van der Waals surface area contributed by atoms with Crippen molar-refractivity contribution in [2.24, 2.45) is 0 Å². The molecule has 0 aliphatic carbocycles. The molecule has 0 saturated carbocycles. The lowest BCUT2D eigenvalue weighted by Gasteiger charge is -2.15. The molecule has 6 heteroatoms. The predicted octanol–water partition coefficient (Wildman–Crippen LogP) is 4.05. The van der Waals surface area contributed by atoms with E-state index in [-0.39, 0.29) is 29.2 Å². The third kappa shape index (κ3) is 5.28.